The number of aliphatic imine (C=N–C) groups is 1. The Morgan fingerprint density at radius 2 is 1.94 bits per heavy atom. The van der Waals surface area contributed by atoms with Gasteiger partial charge in [0.2, 0.25) is 5.91 Å². The number of fused-ring (bicyclic) bond motifs is 1. The van der Waals surface area contributed by atoms with Gasteiger partial charge in [-0.25, -0.2) is 13.2 Å². The average molecular weight is 487 g/mol. The fourth-order valence-corrected chi connectivity index (χ4v) is 4.83. The summed E-state index contributed by atoms with van der Waals surface area (Å²) in [4.78, 5) is 42.6. The number of nitrogens with zero attached hydrogens (tertiary/aromatic N) is 2. The lowest BCUT2D eigenvalue weighted by Crippen LogP contribution is -2.69. The molecule has 0 saturated heterocycles. The van der Waals surface area contributed by atoms with Crippen molar-refractivity contribution in [2.24, 2.45) is 4.99 Å². The quantitative estimate of drug-likeness (QED) is 0.317. The molecule has 1 aromatic carbocycles. The Balaban J connectivity index is 1.63. The Kier molecular flexibility index (Phi) is 6.12. The number of ketones is 1. The van der Waals surface area contributed by atoms with Gasteiger partial charge < -0.3 is 20.6 Å². The maximum absolute atomic E-state index is 13.7. The molecular formula is C24H24F3N5O3. The number of carbonyl (C=O) groups excluding carboxylic acids is 3. The van der Waals surface area contributed by atoms with Gasteiger partial charge in [0.25, 0.3) is 17.6 Å². The van der Waals surface area contributed by atoms with Crippen LogP contribution in [0.4, 0.5) is 18.9 Å². The van der Waals surface area contributed by atoms with E-state index in [0.717, 1.165) is 18.3 Å². The van der Waals surface area contributed by atoms with E-state index in [9.17, 15) is 27.6 Å². The highest BCUT2D eigenvalue weighted by atomic mass is 19.3. The van der Waals surface area contributed by atoms with E-state index in [1.165, 1.54) is 31.5 Å². The maximum atomic E-state index is 13.7. The molecule has 35 heavy (non-hydrogen) atoms. The van der Waals surface area contributed by atoms with E-state index in [1.807, 2.05) is 0 Å². The van der Waals surface area contributed by atoms with E-state index >= 15 is 0 Å². The number of likely N-dealkylation sites (N-methyl/N-ethyl adjacent to an activating group) is 1. The van der Waals surface area contributed by atoms with E-state index in [-0.39, 0.29) is 11.3 Å². The van der Waals surface area contributed by atoms with Gasteiger partial charge in [0.05, 0.1) is 11.4 Å². The second kappa shape index (κ2) is 8.79. The second-order valence-electron chi connectivity index (χ2n) is 8.85. The van der Waals surface area contributed by atoms with Crippen LogP contribution < -0.4 is 10.6 Å². The summed E-state index contributed by atoms with van der Waals surface area (Å²) in [5, 5.41) is 11.8. The van der Waals surface area contributed by atoms with Crippen LogP contribution in [0.15, 0.2) is 23.2 Å². The SMILES string of the molecule is CNC(=O)C1(NC(=O)C(=O)c2c(C)c(/C=N/c3ccc(F)c(C=N)c3)c3n2CCC3)CC(F)(F)C1. The molecule has 0 unspecified atom stereocenters. The van der Waals surface area contributed by atoms with Gasteiger partial charge >= 0.3 is 0 Å². The number of benzene rings is 1. The molecule has 184 valence electrons. The fourth-order valence-electron chi connectivity index (χ4n) is 4.83. The molecule has 0 radical (unpaired) electrons. The van der Waals surface area contributed by atoms with Crippen molar-refractivity contribution in [1.82, 2.24) is 15.2 Å². The molecule has 2 aliphatic rings. The largest absolute Gasteiger partial charge is 0.357 e. The molecule has 0 bridgehead atoms. The average Bonchev–Trinajstić information content (AvgIpc) is 3.36. The van der Waals surface area contributed by atoms with Crippen molar-refractivity contribution < 1.29 is 27.6 Å². The third-order valence-electron chi connectivity index (χ3n) is 6.50. The number of hydrogen-bond acceptors (Lipinski definition) is 5. The lowest BCUT2D eigenvalue weighted by molar-refractivity contribution is -0.164. The third kappa shape index (κ3) is 4.26. The molecule has 1 fully saturated rings. The van der Waals surface area contributed by atoms with Crippen LogP contribution in [0.3, 0.4) is 0 Å². The topological polar surface area (TPSA) is 116 Å². The van der Waals surface area contributed by atoms with E-state index in [1.54, 1.807) is 11.5 Å². The number of aromatic nitrogens is 1. The minimum Gasteiger partial charge on any atom is -0.357 e. The molecule has 3 N–H and O–H groups in total. The van der Waals surface area contributed by atoms with Crippen LogP contribution in [-0.2, 0) is 22.6 Å². The highest BCUT2D eigenvalue weighted by Gasteiger charge is 2.62. The van der Waals surface area contributed by atoms with Crippen molar-refractivity contribution in [1.29, 1.82) is 5.41 Å². The van der Waals surface area contributed by atoms with Crippen molar-refractivity contribution in [3.05, 3.63) is 52.1 Å². The summed E-state index contributed by atoms with van der Waals surface area (Å²) in [7, 11) is 1.27. The predicted octanol–water partition coefficient (Wildman–Crippen LogP) is 2.84. The first-order chi connectivity index (χ1) is 16.5. The molecule has 8 nitrogen and oxygen atoms in total. The van der Waals surface area contributed by atoms with Crippen LogP contribution in [0.1, 0.15) is 52.1 Å². The molecule has 0 atom stereocenters. The number of nitrogens with one attached hydrogen (secondary N) is 3. The molecule has 0 spiro atoms. The fraction of sp³-hybridized carbons (Fsp3) is 0.375. The van der Waals surface area contributed by atoms with E-state index in [2.05, 4.69) is 15.6 Å². The lowest BCUT2D eigenvalue weighted by atomic mass is 9.72. The number of hydrogen-bond donors (Lipinski definition) is 3. The molecular weight excluding hydrogens is 463 g/mol. The Bertz CT molecular complexity index is 1270. The number of rotatable bonds is 7. The minimum absolute atomic E-state index is 0.0811. The number of carbonyl (C=O) groups is 3. The van der Waals surface area contributed by atoms with Gasteiger partial charge in [-0.2, -0.15) is 0 Å². The van der Waals surface area contributed by atoms with Gasteiger partial charge in [-0.1, -0.05) is 0 Å². The zero-order valence-corrected chi connectivity index (χ0v) is 19.2. The summed E-state index contributed by atoms with van der Waals surface area (Å²) in [5.74, 6) is -6.47. The smallest absolute Gasteiger partial charge is 0.294 e. The van der Waals surface area contributed by atoms with Crippen molar-refractivity contribution in [2.75, 3.05) is 7.05 Å². The molecule has 1 aliphatic carbocycles. The van der Waals surface area contributed by atoms with Crippen molar-refractivity contribution >= 4 is 35.7 Å². The van der Waals surface area contributed by atoms with Crippen LogP contribution >= 0.6 is 0 Å². The van der Waals surface area contributed by atoms with Gasteiger partial charge in [-0.3, -0.25) is 19.4 Å². The second-order valence-corrected chi connectivity index (χ2v) is 8.85. The maximum Gasteiger partial charge on any atom is 0.294 e. The Morgan fingerprint density at radius 1 is 1.23 bits per heavy atom. The summed E-state index contributed by atoms with van der Waals surface area (Å²) in [6.45, 7) is 2.15. The van der Waals surface area contributed by atoms with Gasteiger partial charge in [-0.05, 0) is 43.5 Å². The highest BCUT2D eigenvalue weighted by Crippen LogP contribution is 2.45. The third-order valence-corrected chi connectivity index (χ3v) is 6.50. The van der Waals surface area contributed by atoms with Crippen LogP contribution in [-0.4, -0.2) is 53.1 Å². The minimum atomic E-state index is -3.10. The molecule has 2 aromatic rings. The Morgan fingerprint density at radius 3 is 2.57 bits per heavy atom. The van der Waals surface area contributed by atoms with Gasteiger partial charge in [0.15, 0.2) is 0 Å². The van der Waals surface area contributed by atoms with Crippen LogP contribution in [0.5, 0.6) is 0 Å². The zero-order chi connectivity index (χ0) is 25.5. The zero-order valence-electron chi connectivity index (χ0n) is 19.2. The monoisotopic (exact) mass is 487 g/mol. The number of amides is 2. The summed E-state index contributed by atoms with van der Waals surface area (Å²) in [5.41, 5.74) is 0.700. The molecule has 1 aliphatic heterocycles. The molecule has 4 rings (SSSR count). The van der Waals surface area contributed by atoms with Crippen molar-refractivity contribution in [3.63, 3.8) is 0 Å². The summed E-state index contributed by atoms with van der Waals surface area (Å²) < 4.78 is 42.5. The normalized spacial score (nSPS) is 17.5. The standard InChI is InChI=1S/C24H24F3N5O3/c1-13-16(10-30-15-5-6-17(25)14(8-15)9-28)18-4-3-7-32(18)19(13)20(33)21(34)31-23(22(35)29-2)11-24(26,27)12-23/h5-6,8-10,28H,3-4,7,11-12H2,1-2H3,(H,29,35)(H,31,34)/b28-9?,30-10+. The van der Waals surface area contributed by atoms with Crippen molar-refractivity contribution in [2.45, 2.75) is 50.6 Å². The van der Waals surface area contributed by atoms with Gasteiger partial charge in [0.1, 0.15) is 11.4 Å². The number of alkyl halides is 2. The first-order valence-corrected chi connectivity index (χ1v) is 11.0. The Hall–Kier alpha value is -3.76. The number of Topliss-reactive ketones (excluding diaryl/α,β-unsaturated/α-hetero) is 1. The predicted molar refractivity (Wildman–Crippen MR) is 122 cm³/mol. The van der Waals surface area contributed by atoms with E-state index in [0.29, 0.717) is 29.8 Å². The van der Waals surface area contributed by atoms with Gasteiger partial charge in [-0.15, -0.1) is 0 Å². The molecule has 11 heteroatoms. The lowest BCUT2D eigenvalue weighted by Gasteiger charge is -2.45. The number of halogens is 3. The molecule has 1 aromatic heterocycles. The summed E-state index contributed by atoms with van der Waals surface area (Å²) in [6, 6.07) is 4.07. The van der Waals surface area contributed by atoms with E-state index in [4.69, 9.17) is 5.41 Å². The highest BCUT2D eigenvalue weighted by molar-refractivity contribution is 6.43. The molecule has 2 heterocycles. The molecule has 2 amide bonds. The van der Waals surface area contributed by atoms with Crippen molar-refractivity contribution in [3.8, 4) is 0 Å². The van der Waals surface area contributed by atoms with Crippen LogP contribution in [0.2, 0.25) is 0 Å². The first-order valence-electron chi connectivity index (χ1n) is 11.0. The van der Waals surface area contributed by atoms with Crippen LogP contribution in [0.25, 0.3) is 0 Å². The van der Waals surface area contributed by atoms with Crippen LogP contribution in [0, 0.1) is 18.2 Å². The Labute approximate surface area is 199 Å². The first kappa shape index (κ1) is 24.4. The van der Waals surface area contributed by atoms with Gasteiger partial charge in [0, 0.05) is 55.7 Å². The summed E-state index contributed by atoms with van der Waals surface area (Å²) >= 11 is 0. The molecule has 1 saturated carbocycles. The summed E-state index contributed by atoms with van der Waals surface area (Å²) in [6.07, 6.45) is 2.03. The van der Waals surface area contributed by atoms with E-state index < -0.39 is 47.7 Å².